The minimum atomic E-state index is -4.11. The van der Waals surface area contributed by atoms with E-state index in [2.05, 4.69) is 89.4 Å². The molecule has 1 aliphatic rings. The smallest absolute Gasteiger partial charge is 0.312 e. The van der Waals surface area contributed by atoms with Gasteiger partial charge in [0.1, 0.15) is 0 Å². The first kappa shape index (κ1) is 25.0. The zero-order valence-corrected chi connectivity index (χ0v) is 22.8. The van der Waals surface area contributed by atoms with E-state index in [4.69, 9.17) is 9.54 Å². The molecule has 0 bridgehead atoms. The Balaban J connectivity index is 0.000000218. The molecule has 0 atom stereocenters. The SMILES string of the molecule is Cn1c2ccccc2c2cc[c-]c(-c3cc4c5c(cccc5n3)C=C4)c21.O=S(=O)(O)c1ccccn1.[Ir]. The third-order valence-corrected chi connectivity index (χ3v) is 7.13. The summed E-state index contributed by atoms with van der Waals surface area (Å²) in [4.78, 5) is 8.40. The van der Waals surface area contributed by atoms with Gasteiger partial charge in [0, 0.05) is 44.3 Å². The maximum absolute atomic E-state index is 10.3. The fraction of sp³-hybridized carbons (Fsp3) is 0.0345. The Bertz CT molecular complexity index is 1930. The third kappa shape index (κ3) is 4.38. The van der Waals surface area contributed by atoms with Crippen molar-refractivity contribution in [1.29, 1.82) is 0 Å². The van der Waals surface area contributed by atoms with E-state index in [1.807, 2.05) is 6.07 Å². The number of benzene rings is 3. The van der Waals surface area contributed by atoms with Gasteiger partial charge in [0.15, 0.2) is 5.03 Å². The molecule has 37 heavy (non-hydrogen) atoms. The number of hydrogen-bond acceptors (Lipinski definition) is 4. The molecule has 0 amide bonds. The first-order chi connectivity index (χ1) is 17.4. The molecule has 3 heterocycles. The van der Waals surface area contributed by atoms with Crippen LogP contribution in [0.4, 0.5) is 0 Å². The molecular weight excluding hydrogens is 663 g/mol. The van der Waals surface area contributed by atoms with E-state index >= 15 is 0 Å². The molecule has 0 fully saturated rings. The number of pyridine rings is 2. The fourth-order valence-electron chi connectivity index (χ4n) is 4.79. The molecule has 0 saturated carbocycles. The van der Waals surface area contributed by atoms with Gasteiger partial charge < -0.3 is 4.57 Å². The summed E-state index contributed by atoms with van der Waals surface area (Å²) in [6.07, 6.45) is 5.65. The Hall–Kier alpha value is -3.68. The van der Waals surface area contributed by atoms with Gasteiger partial charge in [-0.25, -0.2) is 4.98 Å². The van der Waals surface area contributed by atoms with Crippen molar-refractivity contribution in [1.82, 2.24) is 14.5 Å². The predicted octanol–water partition coefficient (Wildman–Crippen LogP) is 6.16. The van der Waals surface area contributed by atoms with Crippen LogP contribution in [0.1, 0.15) is 11.1 Å². The van der Waals surface area contributed by atoms with Gasteiger partial charge >= 0.3 is 10.1 Å². The summed E-state index contributed by atoms with van der Waals surface area (Å²) in [6, 6.07) is 28.9. The van der Waals surface area contributed by atoms with Crippen molar-refractivity contribution in [3.8, 4) is 11.3 Å². The van der Waals surface area contributed by atoms with Gasteiger partial charge in [0.05, 0.1) is 5.52 Å². The molecule has 1 radical (unpaired) electrons. The maximum Gasteiger partial charge on any atom is 0.312 e. The second-order valence-electron chi connectivity index (χ2n) is 8.51. The van der Waals surface area contributed by atoms with Crippen molar-refractivity contribution in [3.05, 3.63) is 102 Å². The first-order valence-electron chi connectivity index (χ1n) is 11.3. The number of hydrogen-bond donors (Lipinski definition) is 1. The Kier molecular flexibility index (Phi) is 6.52. The molecule has 0 unspecified atom stereocenters. The molecule has 3 aromatic heterocycles. The van der Waals surface area contributed by atoms with Crippen LogP contribution in [0, 0.1) is 6.07 Å². The van der Waals surface area contributed by atoms with Crippen molar-refractivity contribution in [2.75, 3.05) is 0 Å². The summed E-state index contributed by atoms with van der Waals surface area (Å²) >= 11 is 0. The van der Waals surface area contributed by atoms with Gasteiger partial charge in [-0.1, -0.05) is 60.0 Å². The quantitative estimate of drug-likeness (QED) is 0.175. The van der Waals surface area contributed by atoms with E-state index < -0.39 is 10.1 Å². The predicted molar refractivity (Wildman–Crippen MR) is 143 cm³/mol. The Morgan fingerprint density at radius 1 is 0.892 bits per heavy atom. The van der Waals surface area contributed by atoms with Crippen LogP contribution in [0.3, 0.4) is 0 Å². The van der Waals surface area contributed by atoms with Gasteiger partial charge in [-0.05, 0) is 52.0 Å². The molecule has 8 heteroatoms. The minimum absolute atomic E-state index is 0. The topological polar surface area (TPSA) is 85.1 Å². The van der Waals surface area contributed by atoms with Crippen LogP contribution in [-0.4, -0.2) is 27.5 Å². The summed E-state index contributed by atoms with van der Waals surface area (Å²) in [5.41, 5.74) is 8.00. The van der Waals surface area contributed by atoms with Crippen molar-refractivity contribution < 1.29 is 33.1 Å². The minimum Gasteiger partial charge on any atom is -0.383 e. The number of aromatic nitrogens is 3. The van der Waals surface area contributed by atoms with E-state index in [0.29, 0.717) is 0 Å². The number of fused-ring (bicyclic) bond motifs is 3. The second kappa shape index (κ2) is 9.65. The zero-order valence-electron chi connectivity index (χ0n) is 19.6. The maximum atomic E-state index is 10.3. The molecule has 6 nitrogen and oxygen atoms in total. The summed E-state index contributed by atoms with van der Waals surface area (Å²) in [5.74, 6) is 0. The van der Waals surface area contributed by atoms with E-state index in [1.54, 1.807) is 6.07 Å². The number of rotatable bonds is 2. The summed E-state index contributed by atoms with van der Waals surface area (Å²) in [5, 5.41) is 3.45. The van der Waals surface area contributed by atoms with Crippen LogP contribution >= 0.6 is 0 Å². The molecule has 7 rings (SSSR count). The van der Waals surface area contributed by atoms with Crippen molar-refractivity contribution >= 4 is 55.0 Å². The number of para-hydroxylation sites is 1. The van der Waals surface area contributed by atoms with Crippen molar-refractivity contribution in [3.63, 3.8) is 0 Å². The third-order valence-electron chi connectivity index (χ3n) is 6.36. The monoisotopic (exact) mass is 683 g/mol. The Labute approximate surface area is 227 Å². The van der Waals surface area contributed by atoms with E-state index in [-0.39, 0.29) is 25.1 Å². The van der Waals surface area contributed by atoms with E-state index in [9.17, 15) is 8.42 Å². The average Bonchev–Trinajstić information content (AvgIpc) is 3.45. The Morgan fingerprint density at radius 3 is 2.43 bits per heavy atom. The molecule has 185 valence electrons. The molecule has 1 N–H and O–H groups in total. The largest absolute Gasteiger partial charge is 0.383 e. The zero-order chi connectivity index (χ0) is 24.9. The standard InChI is InChI=1S/C24H15N2.C5H5NO3S.Ir/c1-26-22-11-3-2-7-17(22)18-8-5-9-19(24(18)26)21-14-16-13-12-15-6-4-10-20(25-21)23(15)16;7-10(8,9)5-3-1-2-4-6-5;/h2-8,10-14H,1H3;1-4H,(H,7,8,9);/q-1;;. The molecular formula is C29H20IrN3O3S-. The molecule has 1 aliphatic carbocycles. The van der Waals surface area contributed by atoms with Gasteiger partial charge in [0.25, 0.3) is 0 Å². The van der Waals surface area contributed by atoms with Crippen LogP contribution in [0.5, 0.6) is 0 Å². The van der Waals surface area contributed by atoms with Gasteiger partial charge in [0.2, 0.25) is 0 Å². The van der Waals surface area contributed by atoms with Crippen molar-refractivity contribution in [2.24, 2.45) is 7.05 Å². The molecule has 0 saturated heterocycles. The fourth-order valence-corrected chi connectivity index (χ4v) is 5.23. The van der Waals surface area contributed by atoms with Crippen LogP contribution < -0.4 is 0 Å². The number of nitrogens with zero attached hydrogens (tertiary/aromatic N) is 3. The molecule has 6 aromatic rings. The van der Waals surface area contributed by atoms with Gasteiger partial charge in [-0.3, -0.25) is 9.54 Å². The van der Waals surface area contributed by atoms with Crippen LogP contribution in [0.15, 0.2) is 90.1 Å². The van der Waals surface area contributed by atoms with E-state index in [0.717, 1.165) is 16.8 Å². The molecule has 0 spiro atoms. The number of aryl methyl sites for hydroxylation is 1. The van der Waals surface area contributed by atoms with Gasteiger partial charge in [-0.2, -0.15) is 8.42 Å². The van der Waals surface area contributed by atoms with Gasteiger partial charge in [-0.15, -0.1) is 23.8 Å². The first-order valence-corrected chi connectivity index (χ1v) is 12.7. The summed E-state index contributed by atoms with van der Waals surface area (Å²) < 4.78 is 31.3. The summed E-state index contributed by atoms with van der Waals surface area (Å²) in [7, 11) is -1.99. The van der Waals surface area contributed by atoms with Crippen LogP contribution in [0.25, 0.3) is 56.1 Å². The molecule has 0 aliphatic heterocycles. The Morgan fingerprint density at radius 2 is 1.68 bits per heavy atom. The summed E-state index contributed by atoms with van der Waals surface area (Å²) in [6.45, 7) is 0. The van der Waals surface area contributed by atoms with Crippen molar-refractivity contribution in [2.45, 2.75) is 5.03 Å². The normalized spacial score (nSPS) is 11.9. The van der Waals surface area contributed by atoms with E-state index in [1.165, 1.54) is 56.6 Å². The second-order valence-corrected chi connectivity index (χ2v) is 9.87. The molecule has 3 aromatic carbocycles. The average molecular weight is 683 g/mol. The van der Waals surface area contributed by atoms with Crippen LogP contribution in [-0.2, 0) is 37.3 Å². The van der Waals surface area contributed by atoms with Crippen LogP contribution in [0.2, 0.25) is 0 Å².